The summed E-state index contributed by atoms with van der Waals surface area (Å²) in [4.78, 5) is 0. The Balaban J connectivity index is 2.33. The molecule has 1 unspecified atom stereocenters. The van der Waals surface area contributed by atoms with Crippen molar-refractivity contribution in [1.82, 2.24) is 0 Å². The molecule has 0 radical (unpaired) electrons. The van der Waals surface area contributed by atoms with Gasteiger partial charge in [0.05, 0.1) is 6.61 Å². The summed E-state index contributed by atoms with van der Waals surface area (Å²) in [6.45, 7) is 2.74. The van der Waals surface area contributed by atoms with Crippen molar-refractivity contribution in [2.45, 2.75) is 19.4 Å². The minimum Gasteiger partial charge on any atom is -0.493 e. The molecule has 0 heterocycles. The standard InChI is InChI=1S/C16H21NOS/c1-12(17)14-9-8-13-6-3-4-7-15(13)16(14)18-10-5-11-19-2/h3-4,6-9,12H,5,10-11,17H2,1-2H3. The first kappa shape index (κ1) is 14.2. The molecule has 0 saturated heterocycles. The van der Waals surface area contributed by atoms with Crippen molar-refractivity contribution in [2.75, 3.05) is 18.6 Å². The summed E-state index contributed by atoms with van der Waals surface area (Å²) < 4.78 is 6.02. The van der Waals surface area contributed by atoms with E-state index in [0.29, 0.717) is 0 Å². The van der Waals surface area contributed by atoms with E-state index < -0.39 is 0 Å². The van der Waals surface area contributed by atoms with Crippen LogP contribution >= 0.6 is 11.8 Å². The zero-order valence-corrected chi connectivity index (χ0v) is 12.4. The van der Waals surface area contributed by atoms with Gasteiger partial charge in [0.25, 0.3) is 0 Å². The first-order chi connectivity index (χ1) is 9.24. The van der Waals surface area contributed by atoms with Gasteiger partial charge in [-0.25, -0.2) is 0 Å². The maximum Gasteiger partial charge on any atom is 0.131 e. The first-order valence-corrected chi connectivity index (χ1v) is 8.02. The van der Waals surface area contributed by atoms with Crippen molar-refractivity contribution >= 4 is 22.5 Å². The largest absolute Gasteiger partial charge is 0.493 e. The van der Waals surface area contributed by atoms with E-state index in [1.54, 1.807) is 0 Å². The van der Waals surface area contributed by atoms with Gasteiger partial charge in [-0.3, -0.25) is 0 Å². The molecule has 2 rings (SSSR count). The highest BCUT2D eigenvalue weighted by Crippen LogP contribution is 2.33. The molecule has 2 nitrogen and oxygen atoms in total. The van der Waals surface area contributed by atoms with Gasteiger partial charge in [0.2, 0.25) is 0 Å². The monoisotopic (exact) mass is 275 g/mol. The highest BCUT2D eigenvalue weighted by Gasteiger charge is 2.11. The second-order valence-corrected chi connectivity index (χ2v) is 5.67. The van der Waals surface area contributed by atoms with Crippen molar-refractivity contribution in [3.8, 4) is 5.75 Å². The summed E-state index contributed by atoms with van der Waals surface area (Å²) in [6, 6.07) is 12.5. The van der Waals surface area contributed by atoms with E-state index >= 15 is 0 Å². The molecule has 0 spiro atoms. The van der Waals surface area contributed by atoms with Crippen LogP contribution in [0.1, 0.15) is 24.9 Å². The summed E-state index contributed by atoms with van der Waals surface area (Å²) in [5.74, 6) is 2.08. The Labute approximate surface area is 119 Å². The van der Waals surface area contributed by atoms with Crippen molar-refractivity contribution in [3.05, 3.63) is 42.0 Å². The van der Waals surface area contributed by atoms with Crippen LogP contribution in [0.4, 0.5) is 0 Å². The molecule has 2 aromatic carbocycles. The second kappa shape index (κ2) is 6.83. The third-order valence-corrected chi connectivity index (χ3v) is 3.84. The van der Waals surface area contributed by atoms with E-state index in [-0.39, 0.29) is 6.04 Å². The van der Waals surface area contributed by atoms with Gasteiger partial charge in [0, 0.05) is 17.0 Å². The number of fused-ring (bicyclic) bond motifs is 1. The van der Waals surface area contributed by atoms with E-state index in [2.05, 4.69) is 30.5 Å². The van der Waals surface area contributed by atoms with E-state index in [0.717, 1.165) is 35.5 Å². The topological polar surface area (TPSA) is 35.2 Å². The van der Waals surface area contributed by atoms with Crippen LogP contribution in [0.5, 0.6) is 5.75 Å². The van der Waals surface area contributed by atoms with Gasteiger partial charge in [0.15, 0.2) is 0 Å². The van der Waals surface area contributed by atoms with Crippen molar-refractivity contribution in [1.29, 1.82) is 0 Å². The highest BCUT2D eigenvalue weighted by molar-refractivity contribution is 7.98. The number of rotatable bonds is 6. The number of nitrogens with two attached hydrogens (primary N) is 1. The van der Waals surface area contributed by atoms with Crippen molar-refractivity contribution < 1.29 is 4.74 Å². The molecule has 0 aliphatic heterocycles. The quantitative estimate of drug-likeness (QED) is 0.810. The predicted octanol–water partition coefficient (Wildman–Crippen LogP) is 3.99. The Bertz CT molecular complexity index is 539. The van der Waals surface area contributed by atoms with Crippen LogP contribution in [0.25, 0.3) is 10.8 Å². The smallest absolute Gasteiger partial charge is 0.131 e. The third kappa shape index (κ3) is 3.43. The summed E-state index contributed by atoms with van der Waals surface area (Å²) in [6.07, 6.45) is 3.17. The van der Waals surface area contributed by atoms with Crippen LogP contribution in [-0.2, 0) is 0 Å². The average Bonchev–Trinajstić information content (AvgIpc) is 2.43. The molecule has 3 heteroatoms. The first-order valence-electron chi connectivity index (χ1n) is 6.63. The van der Waals surface area contributed by atoms with Crippen molar-refractivity contribution in [2.24, 2.45) is 5.73 Å². The Kier molecular flexibility index (Phi) is 5.11. The zero-order chi connectivity index (χ0) is 13.7. The number of benzene rings is 2. The molecule has 19 heavy (non-hydrogen) atoms. The molecule has 0 aliphatic rings. The van der Waals surface area contributed by atoms with Gasteiger partial charge in [-0.05, 0) is 30.7 Å². The zero-order valence-electron chi connectivity index (χ0n) is 11.6. The molecule has 1 atom stereocenters. The summed E-state index contributed by atoms with van der Waals surface area (Å²) in [5.41, 5.74) is 7.14. The molecule has 0 bridgehead atoms. The Morgan fingerprint density at radius 2 is 2.00 bits per heavy atom. The molecule has 0 saturated carbocycles. The van der Waals surface area contributed by atoms with Crippen LogP contribution in [0.2, 0.25) is 0 Å². The SMILES string of the molecule is CSCCCOc1c(C(C)N)ccc2ccccc12. The molecule has 2 N–H and O–H groups in total. The maximum atomic E-state index is 6.05. The Hall–Kier alpha value is -1.19. The normalized spacial score (nSPS) is 12.6. The van der Waals surface area contributed by atoms with E-state index in [1.165, 1.54) is 5.39 Å². The van der Waals surface area contributed by atoms with Crippen LogP contribution in [0.15, 0.2) is 36.4 Å². The molecular formula is C16H21NOS. The summed E-state index contributed by atoms with van der Waals surface area (Å²) >= 11 is 1.85. The fourth-order valence-electron chi connectivity index (χ4n) is 2.16. The molecule has 102 valence electrons. The fourth-order valence-corrected chi connectivity index (χ4v) is 2.56. The van der Waals surface area contributed by atoms with Crippen LogP contribution in [0.3, 0.4) is 0 Å². The van der Waals surface area contributed by atoms with E-state index in [9.17, 15) is 0 Å². The molecule has 0 fully saturated rings. The second-order valence-electron chi connectivity index (χ2n) is 4.69. The molecular weight excluding hydrogens is 254 g/mol. The highest BCUT2D eigenvalue weighted by atomic mass is 32.2. The van der Waals surface area contributed by atoms with Gasteiger partial charge in [-0.1, -0.05) is 36.4 Å². The maximum absolute atomic E-state index is 6.05. The fraction of sp³-hybridized carbons (Fsp3) is 0.375. The number of hydrogen-bond acceptors (Lipinski definition) is 3. The lowest BCUT2D eigenvalue weighted by Gasteiger charge is -2.16. The minimum absolute atomic E-state index is 0.0137. The van der Waals surface area contributed by atoms with E-state index in [1.807, 2.05) is 30.8 Å². The minimum atomic E-state index is -0.0137. The number of ether oxygens (including phenoxy) is 1. The molecule has 0 aromatic heterocycles. The van der Waals surface area contributed by atoms with Gasteiger partial charge >= 0.3 is 0 Å². The predicted molar refractivity (Wildman–Crippen MR) is 85.0 cm³/mol. The molecule has 0 amide bonds. The van der Waals surface area contributed by atoms with Gasteiger partial charge in [-0.2, -0.15) is 11.8 Å². The van der Waals surface area contributed by atoms with Gasteiger partial charge < -0.3 is 10.5 Å². The van der Waals surface area contributed by atoms with Gasteiger partial charge in [0.1, 0.15) is 5.75 Å². The Morgan fingerprint density at radius 1 is 1.21 bits per heavy atom. The number of thioether (sulfide) groups is 1. The Morgan fingerprint density at radius 3 is 2.74 bits per heavy atom. The van der Waals surface area contributed by atoms with Crippen molar-refractivity contribution in [3.63, 3.8) is 0 Å². The van der Waals surface area contributed by atoms with Crippen LogP contribution in [0, 0.1) is 0 Å². The average molecular weight is 275 g/mol. The van der Waals surface area contributed by atoms with Crippen LogP contribution < -0.4 is 10.5 Å². The lowest BCUT2D eigenvalue weighted by Crippen LogP contribution is -2.09. The summed E-state index contributed by atoms with van der Waals surface area (Å²) in [5, 5.41) is 2.35. The molecule has 0 aliphatic carbocycles. The molecule has 2 aromatic rings. The lowest BCUT2D eigenvalue weighted by atomic mass is 10.0. The van der Waals surface area contributed by atoms with Gasteiger partial charge in [-0.15, -0.1) is 0 Å². The van der Waals surface area contributed by atoms with Crippen LogP contribution in [-0.4, -0.2) is 18.6 Å². The third-order valence-electron chi connectivity index (χ3n) is 3.14. The summed E-state index contributed by atoms with van der Waals surface area (Å²) in [7, 11) is 0. The lowest BCUT2D eigenvalue weighted by molar-refractivity contribution is 0.318. The number of hydrogen-bond donors (Lipinski definition) is 1. The van der Waals surface area contributed by atoms with E-state index in [4.69, 9.17) is 10.5 Å².